The minimum atomic E-state index is -0.450. The van der Waals surface area contributed by atoms with Gasteiger partial charge in [0, 0.05) is 19.0 Å². The van der Waals surface area contributed by atoms with Crippen molar-refractivity contribution in [3.63, 3.8) is 0 Å². The van der Waals surface area contributed by atoms with Crippen LogP contribution in [0.4, 0.5) is 4.79 Å². The second-order valence-electron chi connectivity index (χ2n) is 11.2. The van der Waals surface area contributed by atoms with Gasteiger partial charge in [-0.25, -0.2) is 4.79 Å². The highest BCUT2D eigenvalue weighted by atomic mass is 16.6. The number of unbranched alkanes of at least 4 members (excludes halogenated alkanes) is 2. The highest BCUT2D eigenvalue weighted by Gasteiger charge is 2.28. The third-order valence-electron chi connectivity index (χ3n) is 6.59. The Hall–Kier alpha value is -2.10. The molecule has 0 saturated heterocycles. The van der Waals surface area contributed by atoms with Crippen molar-refractivity contribution in [2.75, 3.05) is 0 Å². The third-order valence-corrected chi connectivity index (χ3v) is 6.59. The molecular weight excluding hydrogens is 458 g/mol. The van der Waals surface area contributed by atoms with Crippen LogP contribution in [-0.4, -0.2) is 22.4 Å². The summed E-state index contributed by atoms with van der Waals surface area (Å²) in [5.41, 5.74) is 4.26. The number of ketones is 1. The van der Waals surface area contributed by atoms with E-state index in [4.69, 9.17) is 4.74 Å². The smallest absolute Gasteiger partial charge is 0.410 e. The van der Waals surface area contributed by atoms with E-state index in [1.165, 1.54) is 48.8 Å². The Morgan fingerprint density at radius 2 is 1.46 bits per heavy atom. The van der Waals surface area contributed by atoms with Gasteiger partial charge in [0.05, 0.1) is 0 Å². The minimum absolute atomic E-state index is 0.249. The number of carbonyl (C=O) groups excluding carboxylic acids is 2. The van der Waals surface area contributed by atoms with Crippen LogP contribution in [-0.2, 0) is 22.6 Å². The van der Waals surface area contributed by atoms with Crippen LogP contribution in [0, 0.1) is 18.8 Å². The lowest BCUT2D eigenvalue weighted by atomic mass is 10.0. The van der Waals surface area contributed by atoms with Crippen LogP contribution < -0.4 is 0 Å². The zero-order chi connectivity index (χ0) is 29.2. The van der Waals surface area contributed by atoms with Crippen molar-refractivity contribution in [1.29, 1.82) is 0 Å². The van der Waals surface area contributed by atoms with Gasteiger partial charge in [-0.05, 0) is 75.3 Å². The fraction of sp³-hybridized carbons (Fsp3) is 0.697. The number of nitrogens with zero attached hydrogens (tertiary/aromatic N) is 1. The Morgan fingerprint density at radius 3 is 1.73 bits per heavy atom. The molecule has 4 heteroatoms. The predicted molar refractivity (Wildman–Crippen MR) is 162 cm³/mol. The Kier molecular flexibility index (Phi) is 20.0. The van der Waals surface area contributed by atoms with E-state index in [1.54, 1.807) is 11.8 Å². The number of aryl methyl sites for hydroxylation is 1. The lowest BCUT2D eigenvalue weighted by molar-refractivity contribution is -0.120. The number of hydrogen-bond donors (Lipinski definition) is 0. The standard InChI is InChI=1S/C16H21NO2.C6H12O.C6H14.C5H12/c1-6-12-8-14-10-17(9-13(14)7-11(12)2)15(18)19-16(3,4)5;1-4-5(2)6(3)7;1-4-6(3)5-2;1-3-5-4-2/h6-8H,1,9-10H2,2-5H3;5H,4H2,1-3H3;6H,4-5H2,1-3H3;3-5H2,1-2H3. The largest absolute Gasteiger partial charge is 0.444 e. The lowest BCUT2D eigenvalue weighted by Gasteiger charge is -2.24. The molecule has 0 saturated carbocycles. The quantitative estimate of drug-likeness (QED) is 0.361. The molecule has 0 N–H and O–H groups in total. The molecule has 1 aromatic carbocycles. The first-order valence-electron chi connectivity index (χ1n) is 14.4. The van der Waals surface area contributed by atoms with E-state index in [0.717, 1.165) is 17.9 Å². The zero-order valence-corrected chi connectivity index (χ0v) is 26.4. The molecule has 1 unspecified atom stereocenters. The van der Waals surface area contributed by atoms with Gasteiger partial charge in [-0.3, -0.25) is 9.69 Å². The molecule has 2 rings (SSSR count). The second-order valence-corrected chi connectivity index (χ2v) is 11.2. The van der Waals surface area contributed by atoms with Crippen LogP contribution in [0.2, 0.25) is 0 Å². The Bertz CT molecular complexity index is 785. The monoisotopic (exact) mass is 517 g/mol. The first-order chi connectivity index (χ1) is 17.2. The Balaban J connectivity index is 0. The van der Waals surface area contributed by atoms with Gasteiger partial charge in [0.2, 0.25) is 0 Å². The van der Waals surface area contributed by atoms with E-state index in [9.17, 15) is 9.59 Å². The fourth-order valence-corrected chi connectivity index (χ4v) is 3.20. The van der Waals surface area contributed by atoms with Crippen molar-refractivity contribution in [3.8, 4) is 0 Å². The maximum Gasteiger partial charge on any atom is 0.410 e. The topological polar surface area (TPSA) is 46.6 Å². The average Bonchev–Trinajstić information content (AvgIpc) is 3.26. The van der Waals surface area contributed by atoms with Gasteiger partial charge in [-0.2, -0.15) is 0 Å². The van der Waals surface area contributed by atoms with Gasteiger partial charge in [-0.15, -0.1) is 0 Å². The number of benzene rings is 1. The Morgan fingerprint density at radius 1 is 0.973 bits per heavy atom. The summed E-state index contributed by atoms with van der Waals surface area (Å²) in [5.74, 6) is 1.49. The van der Waals surface area contributed by atoms with Crippen LogP contribution in [0.1, 0.15) is 137 Å². The molecule has 1 atom stereocenters. The Labute approximate surface area is 230 Å². The normalized spacial score (nSPS) is 12.6. The third kappa shape index (κ3) is 17.1. The van der Waals surface area contributed by atoms with Crippen molar-refractivity contribution >= 4 is 18.0 Å². The predicted octanol–water partition coefficient (Wildman–Crippen LogP) is 10.1. The number of ether oxygens (including phenoxy) is 1. The lowest BCUT2D eigenvalue weighted by Crippen LogP contribution is -2.33. The number of amides is 1. The van der Waals surface area contributed by atoms with Crippen molar-refractivity contribution in [3.05, 3.63) is 41.0 Å². The van der Waals surface area contributed by atoms with E-state index < -0.39 is 5.60 Å². The summed E-state index contributed by atoms with van der Waals surface area (Å²) in [7, 11) is 0. The molecule has 0 radical (unpaired) electrons. The maximum atomic E-state index is 12.1. The number of carbonyl (C=O) groups is 2. The molecule has 1 aromatic rings. The molecule has 0 fully saturated rings. The zero-order valence-electron chi connectivity index (χ0n) is 26.4. The molecule has 0 spiro atoms. The highest BCUT2D eigenvalue weighted by Crippen LogP contribution is 2.27. The molecule has 1 amide bonds. The van der Waals surface area contributed by atoms with Gasteiger partial charge in [-0.1, -0.05) is 99.3 Å². The summed E-state index contributed by atoms with van der Waals surface area (Å²) in [5, 5.41) is 0. The van der Waals surface area contributed by atoms with E-state index in [-0.39, 0.29) is 12.0 Å². The van der Waals surface area contributed by atoms with E-state index in [1.807, 2.05) is 40.7 Å². The molecule has 0 aliphatic carbocycles. The van der Waals surface area contributed by atoms with Gasteiger partial charge >= 0.3 is 6.09 Å². The summed E-state index contributed by atoms with van der Waals surface area (Å²) in [4.78, 5) is 24.2. The number of fused-ring (bicyclic) bond motifs is 1. The minimum Gasteiger partial charge on any atom is -0.444 e. The molecular formula is C33H59NO3. The summed E-state index contributed by atoms with van der Waals surface area (Å²) in [6, 6.07) is 4.25. The van der Waals surface area contributed by atoms with E-state index in [2.05, 4.69) is 60.3 Å². The maximum absolute atomic E-state index is 12.1. The fourth-order valence-electron chi connectivity index (χ4n) is 3.20. The van der Waals surface area contributed by atoms with E-state index in [0.29, 0.717) is 18.9 Å². The highest BCUT2D eigenvalue weighted by molar-refractivity contribution is 5.77. The summed E-state index contributed by atoms with van der Waals surface area (Å²) >= 11 is 0. The summed E-state index contributed by atoms with van der Waals surface area (Å²) in [6.07, 6.45) is 9.31. The number of Topliss-reactive ketones (excluding diaryl/α,β-unsaturated/α-hetero) is 1. The molecule has 1 aliphatic heterocycles. The van der Waals surface area contributed by atoms with E-state index >= 15 is 0 Å². The second kappa shape index (κ2) is 19.9. The first kappa shape index (κ1) is 37.1. The van der Waals surface area contributed by atoms with Gasteiger partial charge in [0.25, 0.3) is 0 Å². The summed E-state index contributed by atoms with van der Waals surface area (Å²) in [6.45, 7) is 29.5. The van der Waals surface area contributed by atoms with Crippen molar-refractivity contribution in [2.24, 2.45) is 11.8 Å². The molecule has 1 heterocycles. The van der Waals surface area contributed by atoms with Gasteiger partial charge in [0.15, 0.2) is 0 Å². The first-order valence-corrected chi connectivity index (χ1v) is 14.4. The van der Waals surface area contributed by atoms with Crippen molar-refractivity contribution < 1.29 is 14.3 Å². The molecule has 0 aromatic heterocycles. The van der Waals surface area contributed by atoms with Crippen molar-refractivity contribution in [1.82, 2.24) is 4.90 Å². The van der Waals surface area contributed by atoms with Crippen LogP contribution in [0.25, 0.3) is 6.08 Å². The number of hydrogen-bond acceptors (Lipinski definition) is 3. The van der Waals surface area contributed by atoms with Crippen LogP contribution in [0.3, 0.4) is 0 Å². The number of rotatable bonds is 7. The molecule has 214 valence electrons. The van der Waals surface area contributed by atoms with Crippen molar-refractivity contribution in [2.45, 2.75) is 140 Å². The SMILES string of the molecule is C=Cc1cc2c(cc1C)CN(C(=O)OC(C)(C)C)C2.CCC(C)C(C)=O.CCC(C)CC.CCCCC. The molecule has 4 nitrogen and oxygen atoms in total. The van der Waals surface area contributed by atoms with Crippen LogP contribution >= 0.6 is 0 Å². The average molecular weight is 518 g/mol. The van der Waals surface area contributed by atoms with Gasteiger partial charge < -0.3 is 4.74 Å². The van der Waals surface area contributed by atoms with Gasteiger partial charge in [0.1, 0.15) is 11.4 Å². The van der Waals surface area contributed by atoms with Crippen LogP contribution in [0.5, 0.6) is 0 Å². The summed E-state index contributed by atoms with van der Waals surface area (Å²) < 4.78 is 5.41. The molecule has 0 bridgehead atoms. The molecule has 37 heavy (non-hydrogen) atoms. The molecule has 1 aliphatic rings. The van der Waals surface area contributed by atoms with Crippen LogP contribution in [0.15, 0.2) is 18.7 Å².